The van der Waals surface area contributed by atoms with Crippen molar-refractivity contribution in [2.75, 3.05) is 51.7 Å². The Labute approximate surface area is 200 Å². The third-order valence-electron chi connectivity index (χ3n) is 5.59. The highest BCUT2D eigenvalue weighted by atomic mass is 32.2. The van der Waals surface area contributed by atoms with Gasteiger partial charge >= 0.3 is 0 Å². The van der Waals surface area contributed by atoms with Gasteiger partial charge in [0.05, 0.1) is 18.0 Å². The molecular formula is C25H33N5O2S. The van der Waals surface area contributed by atoms with E-state index in [1.165, 1.54) is 0 Å². The van der Waals surface area contributed by atoms with Crippen molar-refractivity contribution < 1.29 is 9.90 Å². The summed E-state index contributed by atoms with van der Waals surface area (Å²) in [6.45, 7) is 9.47. The zero-order chi connectivity index (χ0) is 23.6. The van der Waals surface area contributed by atoms with Crippen molar-refractivity contribution in [1.82, 2.24) is 15.1 Å². The van der Waals surface area contributed by atoms with Crippen molar-refractivity contribution in [3.8, 4) is 0 Å². The van der Waals surface area contributed by atoms with Gasteiger partial charge in [0.1, 0.15) is 5.37 Å². The fourth-order valence-electron chi connectivity index (χ4n) is 3.64. The van der Waals surface area contributed by atoms with Gasteiger partial charge in [-0.15, -0.1) is 11.8 Å². The summed E-state index contributed by atoms with van der Waals surface area (Å²) in [5.74, 6) is 0.0281. The number of hydrogen-bond donors (Lipinski definition) is 3. The molecule has 176 valence electrons. The van der Waals surface area contributed by atoms with Crippen molar-refractivity contribution in [3.63, 3.8) is 0 Å². The maximum atomic E-state index is 13.0. The molecule has 8 heteroatoms. The molecule has 33 heavy (non-hydrogen) atoms. The van der Waals surface area contributed by atoms with E-state index in [4.69, 9.17) is 5.11 Å². The van der Waals surface area contributed by atoms with Crippen LogP contribution in [0.15, 0.2) is 70.8 Å². The number of carbonyl (C=O) groups is 1. The van der Waals surface area contributed by atoms with Crippen LogP contribution in [-0.2, 0) is 0 Å². The standard InChI is InChI=1S/C25H33N5O2S/c1-4-5-6-7-19(2)23-18-33-24(28-23)17-27-21-9-8-20(16-22(21)26-3)25(32)30-12-10-29(11-13-30)14-15-31/h4-9,16-18,24,26,28,31H,1,10-15H2,2-3H3/b6-5-,19-7+,27-17?. The molecule has 1 unspecified atom stereocenters. The lowest BCUT2D eigenvalue weighted by molar-refractivity contribution is 0.0615. The molecule has 7 nitrogen and oxygen atoms in total. The number of β-amino-alcohol motifs (C(OH)–C–C–N with tert-alkyl or cyclic N) is 1. The monoisotopic (exact) mass is 467 g/mol. The number of rotatable bonds is 9. The second-order valence-electron chi connectivity index (χ2n) is 7.82. The summed E-state index contributed by atoms with van der Waals surface area (Å²) < 4.78 is 0. The van der Waals surface area contributed by atoms with Gasteiger partial charge in [-0.25, -0.2) is 0 Å². The largest absolute Gasteiger partial charge is 0.395 e. The minimum absolute atomic E-state index is 0.0281. The Balaban J connectivity index is 1.61. The zero-order valence-electron chi connectivity index (χ0n) is 19.3. The molecule has 3 rings (SSSR count). The summed E-state index contributed by atoms with van der Waals surface area (Å²) in [7, 11) is 1.84. The Morgan fingerprint density at radius 2 is 2.12 bits per heavy atom. The molecule has 1 aromatic rings. The summed E-state index contributed by atoms with van der Waals surface area (Å²) in [6, 6.07) is 5.59. The summed E-state index contributed by atoms with van der Waals surface area (Å²) in [5, 5.41) is 17.9. The van der Waals surface area contributed by atoms with E-state index in [0.717, 1.165) is 35.7 Å². The molecule has 0 saturated carbocycles. The van der Waals surface area contributed by atoms with Gasteiger partial charge in [-0.2, -0.15) is 0 Å². The summed E-state index contributed by atoms with van der Waals surface area (Å²) in [4.78, 5) is 21.7. The number of carbonyl (C=O) groups excluding carboxylic acids is 1. The van der Waals surface area contributed by atoms with Crippen LogP contribution >= 0.6 is 11.8 Å². The third-order valence-corrected chi connectivity index (χ3v) is 6.49. The molecule has 1 atom stereocenters. The molecule has 1 amide bonds. The van der Waals surface area contributed by atoms with Crippen molar-refractivity contribution in [1.29, 1.82) is 0 Å². The lowest BCUT2D eigenvalue weighted by Gasteiger charge is -2.34. The van der Waals surface area contributed by atoms with Crippen LogP contribution in [0.5, 0.6) is 0 Å². The Morgan fingerprint density at radius 3 is 2.82 bits per heavy atom. The maximum Gasteiger partial charge on any atom is 0.254 e. The Kier molecular flexibility index (Phi) is 9.35. The molecule has 1 saturated heterocycles. The van der Waals surface area contributed by atoms with Crippen LogP contribution in [0.1, 0.15) is 17.3 Å². The summed E-state index contributed by atoms with van der Waals surface area (Å²) in [5.41, 5.74) is 4.49. The molecule has 2 aliphatic rings. The lowest BCUT2D eigenvalue weighted by Crippen LogP contribution is -2.49. The molecule has 0 bridgehead atoms. The van der Waals surface area contributed by atoms with Gasteiger partial charge in [0.25, 0.3) is 5.91 Å². The van der Waals surface area contributed by atoms with Crippen LogP contribution in [-0.4, -0.2) is 78.8 Å². The Hall–Kier alpha value is -2.81. The molecule has 0 aromatic heterocycles. The number of aliphatic imine (C=N–C) groups is 1. The van der Waals surface area contributed by atoms with Gasteiger partial charge < -0.3 is 20.6 Å². The van der Waals surface area contributed by atoms with Gasteiger partial charge in [-0.05, 0) is 36.1 Å². The van der Waals surface area contributed by atoms with Gasteiger partial charge in [0.2, 0.25) is 0 Å². The first-order chi connectivity index (χ1) is 16.0. The number of thioether (sulfide) groups is 1. The number of nitrogens with zero attached hydrogens (tertiary/aromatic N) is 3. The van der Waals surface area contributed by atoms with E-state index in [0.29, 0.717) is 25.2 Å². The van der Waals surface area contributed by atoms with Crippen LogP contribution in [0.4, 0.5) is 11.4 Å². The zero-order valence-corrected chi connectivity index (χ0v) is 20.1. The highest BCUT2D eigenvalue weighted by Gasteiger charge is 2.22. The highest BCUT2D eigenvalue weighted by Crippen LogP contribution is 2.28. The molecule has 0 aliphatic carbocycles. The normalized spacial score (nSPS) is 19.7. The van der Waals surface area contributed by atoms with E-state index in [1.807, 2.05) is 54.6 Å². The van der Waals surface area contributed by atoms with Crippen LogP contribution in [0, 0.1) is 0 Å². The number of piperazine rings is 1. The molecule has 0 radical (unpaired) electrons. The van der Waals surface area contributed by atoms with Crippen molar-refractivity contribution in [2.24, 2.45) is 4.99 Å². The van der Waals surface area contributed by atoms with Gasteiger partial charge in [0, 0.05) is 57.2 Å². The summed E-state index contributed by atoms with van der Waals surface area (Å²) >= 11 is 1.67. The van der Waals surface area contributed by atoms with E-state index in [-0.39, 0.29) is 17.9 Å². The number of hydrogen-bond acceptors (Lipinski definition) is 7. The molecule has 1 aromatic carbocycles. The van der Waals surface area contributed by atoms with E-state index >= 15 is 0 Å². The fraction of sp³-hybridized carbons (Fsp3) is 0.360. The van der Waals surface area contributed by atoms with Crippen molar-refractivity contribution >= 4 is 35.3 Å². The lowest BCUT2D eigenvalue weighted by atomic mass is 10.1. The topological polar surface area (TPSA) is 80.2 Å². The molecule has 2 aliphatic heterocycles. The summed E-state index contributed by atoms with van der Waals surface area (Å²) in [6.07, 6.45) is 9.55. The smallest absolute Gasteiger partial charge is 0.254 e. The second kappa shape index (κ2) is 12.4. The number of benzene rings is 1. The molecule has 2 heterocycles. The average Bonchev–Trinajstić information content (AvgIpc) is 3.32. The maximum absolute atomic E-state index is 13.0. The van der Waals surface area contributed by atoms with E-state index < -0.39 is 0 Å². The number of aliphatic hydroxyl groups excluding tert-OH is 1. The van der Waals surface area contributed by atoms with Gasteiger partial charge in [-0.1, -0.05) is 30.9 Å². The van der Waals surface area contributed by atoms with E-state index in [9.17, 15) is 4.79 Å². The number of aliphatic hydroxyl groups is 1. The quantitative estimate of drug-likeness (QED) is 0.382. The Bertz CT molecular complexity index is 962. The molecule has 0 spiro atoms. The minimum atomic E-state index is 0.0281. The van der Waals surface area contributed by atoms with Crippen LogP contribution in [0.3, 0.4) is 0 Å². The van der Waals surface area contributed by atoms with Crippen LogP contribution < -0.4 is 10.6 Å². The van der Waals surface area contributed by atoms with Crippen LogP contribution in [0.25, 0.3) is 0 Å². The number of anilines is 1. The van der Waals surface area contributed by atoms with E-state index in [1.54, 1.807) is 17.8 Å². The second-order valence-corrected chi connectivity index (χ2v) is 8.84. The predicted octanol–water partition coefficient (Wildman–Crippen LogP) is 3.37. The first kappa shape index (κ1) is 24.8. The van der Waals surface area contributed by atoms with E-state index in [2.05, 4.69) is 39.4 Å². The van der Waals surface area contributed by atoms with Gasteiger partial charge in [-0.3, -0.25) is 14.7 Å². The first-order valence-electron chi connectivity index (χ1n) is 11.1. The minimum Gasteiger partial charge on any atom is -0.395 e. The molecule has 3 N–H and O–H groups in total. The first-order valence-corrected chi connectivity index (χ1v) is 12.1. The van der Waals surface area contributed by atoms with Crippen LogP contribution in [0.2, 0.25) is 0 Å². The SMILES string of the molecule is C=C/C=C\C=C(/C)C1=CSC(C=Nc2ccc(C(=O)N3CCN(CCO)CC3)cc2NC)N1. The fourth-order valence-corrected chi connectivity index (χ4v) is 4.50. The highest BCUT2D eigenvalue weighted by molar-refractivity contribution is 8.03. The van der Waals surface area contributed by atoms with Crippen molar-refractivity contribution in [3.05, 3.63) is 71.3 Å². The third kappa shape index (κ3) is 6.83. The number of nitrogens with one attached hydrogen (secondary N) is 2. The molecule has 1 fully saturated rings. The predicted molar refractivity (Wildman–Crippen MR) is 139 cm³/mol. The average molecular weight is 468 g/mol. The number of allylic oxidation sites excluding steroid dienone is 5. The number of amides is 1. The Morgan fingerprint density at radius 1 is 1.33 bits per heavy atom. The van der Waals surface area contributed by atoms with Crippen molar-refractivity contribution in [2.45, 2.75) is 12.3 Å². The van der Waals surface area contributed by atoms with Gasteiger partial charge in [0.15, 0.2) is 0 Å². The molecular weight excluding hydrogens is 434 g/mol.